The van der Waals surface area contributed by atoms with Crippen LogP contribution in [0.4, 0.5) is 0 Å². The number of hydrogen-bond donors (Lipinski definition) is 2. The quantitative estimate of drug-likeness (QED) is 0.562. The van der Waals surface area contributed by atoms with E-state index in [1.165, 1.54) is 0 Å². The topological polar surface area (TPSA) is 49.7 Å². The van der Waals surface area contributed by atoms with Crippen molar-refractivity contribution in [2.75, 3.05) is 19.8 Å². The van der Waals surface area contributed by atoms with Gasteiger partial charge in [0, 0.05) is 0 Å². The lowest BCUT2D eigenvalue weighted by atomic mass is 10.2. The molecule has 0 saturated carbocycles. The Morgan fingerprint density at radius 3 is 2.13 bits per heavy atom. The van der Waals surface area contributed by atoms with E-state index in [2.05, 4.69) is 33.9 Å². The molecule has 0 aromatic heterocycles. The maximum absolute atomic E-state index is 9.01. The van der Waals surface area contributed by atoms with Crippen LogP contribution in [0.15, 0.2) is 11.6 Å². The molecule has 0 saturated heterocycles. The van der Waals surface area contributed by atoms with Crippen LogP contribution in [0, 0.1) is 0 Å². The maximum atomic E-state index is 9.01. The molecule has 0 radical (unpaired) electrons. The molecule has 3 nitrogen and oxygen atoms in total. The Hall–Kier alpha value is -0.163. The van der Waals surface area contributed by atoms with Gasteiger partial charge in [0.15, 0.2) is 8.32 Å². The van der Waals surface area contributed by atoms with Crippen LogP contribution in [0.3, 0.4) is 0 Å². The van der Waals surface area contributed by atoms with Crippen LogP contribution in [-0.2, 0) is 4.43 Å². The van der Waals surface area contributed by atoms with Gasteiger partial charge in [-0.15, -0.1) is 0 Å². The molecule has 0 rings (SSSR count). The molecule has 0 spiro atoms. The van der Waals surface area contributed by atoms with Crippen LogP contribution in [0.1, 0.15) is 20.8 Å². The van der Waals surface area contributed by atoms with Crippen molar-refractivity contribution in [2.45, 2.75) is 38.9 Å². The molecule has 0 aliphatic rings. The van der Waals surface area contributed by atoms with E-state index in [4.69, 9.17) is 14.6 Å². The van der Waals surface area contributed by atoms with E-state index >= 15 is 0 Å². The van der Waals surface area contributed by atoms with E-state index in [-0.39, 0.29) is 18.3 Å². The third-order valence-corrected chi connectivity index (χ3v) is 7.49. The summed E-state index contributed by atoms with van der Waals surface area (Å²) in [5, 5.41) is 17.9. The smallest absolute Gasteiger partial charge is 0.192 e. The van der Waals surface area contributed by atoms with E-state index < -0.39 is 8.32 Å². The van der Waals surface area contributed by atoms with E-state index in [1.807, 2.05) is 0 Å². The largest absolute Gasteiger partial charge is 0.413 e. The minimum Gasteiger partial charge on any atom is -0.413 e. The number of hydrogen-bond acceptors (Lipinski definition) is 3. The predicted molar refractivity (Wildman–Crippen MR) is 65.4 cm³/mol. The van der Waals surface area contributed by atoms with Crippen molar-refractivity contribution in [1.82, 2.24) is 0 Å². The van der Waals surface area contributed by atoms with Crippen LogP contribution in [-0.4, -0.2) is 38.4 Å². The third kappa shape index (κ3) is 4.93. The van der Waals surface area contributed by atoms with Crippen molar-refractivity contribution in [1.29, 1.82) is 0 Å². The Morgan fingerprint density at radius 1 is 1.27 bits per heavy atom. The molecule has 0 aliphatic carbocycles. The Balaban J connectivity index is 4.31. The first-order valence-corrected chi connectivity index (χ1v) is 8.19. The van der Waals surface area contributed by atoms with Crippen molar-refractivity contribution in [2.24, 2.45) is 0 Å². The average molecular weight is 232 g/mol. The zero-order valence-corrected chi connectivity index (χ0v) is 11.5. The molecule has 4 heteroatoms. The Bertz CT molecular complexity index is 216. The van der Waals surface area contributed by atoms with Gasteiger partial charge in [-0.1, -0.05) is 26.8 Å². The third-order valence-electron chi connectivity index (χ3n) is 3.01. The number of rotatable bonds is 5. The van der Waals surface area contributed by atoms with Gasteiger partial charge in [-0.3, -0.25) is 0 Å². The molecule has 0 aromatic rings. The average Bonchev–Trinajstić information content (AvgIpc) is 2.10. The fourth-order valence-electron chi connectivity index (χ4n) is 0.788. The highest BCUT2D eigenvalue weighted by atomic mass is 28.4. The van der Waals surface area contributed by atoms with E-state index in [1.54, 1.807) is 6.08 Å². The summed E-state index contributed by atoms with van der Waals surface area (Å²) in [5.74, 6) is 0. The van der Waals surface area contributed by atoms with Gasteiger partial charge in [-0.25, -0.2) is 0 Å². The molecule has 15 heavy (non-hydrogen) atoms. The molecule has 0 heterocycles. The molecule has 0 atom stereocenters. The Morgan fingerprint density at radius 2 is 1.80 bits per heavy atom. The highest BCUT2D eigenvalue weighted by molar-refractivity contribution is 6.74. The van der Waals surface area contributed by atoms with E-state index in [0.717, 1.165) is 5.57 Å². The highest BCUT2D eigenvalue weighted by Crippen LogP contribution is 2.36. The summed E-state index contributed by atoms with van der Waals surface area (Å²) in [7, 11) is -1.75. The van der Waals surface area contributed by atoms with Crippen LogP contribution in [0.2, 0.25) is 18.1 Å². The lowest BCUT2D eigenvalue weighted by Gasteiger charge is -2.36. The summed E-state index contributed by atoms with van der Waals surface area (Å²) in [6.45, 7) is 11.2. The van der Waals surface area contributed by atoms with Crippen LogP contribution < -0.4 is 0 Å². The molecule has 90 valence electrons. The molecular weight excluding hydrogens is 208 g/mol. The van der Waals surface area contributed by atoms with Crippen molar-refractivity contribution >= 4 is 8.32 Å². The molecule has 0 bridgehead atoms. The summed E-state index contributed by atoms with van der Waals surface area (Å²) in [6, 6.07) is 0. The number of aliphatic hydroxyl groups is 2. The van der Waals surface area contributed by atoms with Crippen molar-refractivity contribution in [3.8, 4) is 0 Å². The first-order valence-electron chi connectivity index (χ1n) is 5.28. The molecule has 0 aliphatic heterocycles. The molecule has 0 amide bonds. The first-order chi connectivity index (χ1) is 6.74. The summed E-state index contributed by atoms with van der Waals surface area (Å²) >= 11 is 0. The lowest BCUT2D eigenvalue weighted by Crippen LogP contribution is -2.41. The minimum absolute atomic E-state index is 0.0449. The Kier molecular flexibility index (Phi) is 5.73. The summed E-state index contributed by atoms with van der Waals surface area (Å²) in [6.07, 6.45) is 1.60. The van der Waals surface area contributed by atoms with Gasteiger partial charge in [-0.2, -0.15) is 0 Å². The number of aliphatic hydroxyl groups excluding tert-OH is 2. The predicted octanol–water partition coefficient (Wildman–Crippen LogP) is 1.92. The van der Waals surface area contributed by atoms with Gasteiger partial charge in [0.2, 0.25) is 0 Å². The van der Waals surface area contributed by atoms with E-state index in [0.29, 0.717) is 6.61 Å². The second-order valence-corrected chi connectivity index (χ2v) is 10.1. The Labute approximate surface area is 93.9 Å². The van der Waals surface area contributed by atoms with E-state index in [9.17, 15) is 0 Å². The fraction of sp³-hybridized carbons (Fsp3) is 0.818. The zero-order chi connectivity index (χ0) is 12.1. The van der Waals surface area contributed by atoms with Gasteiger partial charge in [0.1, 0.15) is 0 Å². The summed E-state index contributed by atoms with van der Waals surface area (Å²) in [4.78, 5) is 0. The second kappa shape index (κ2) is 5.79. The van der Waals surface area contributed by atoms with Gasteiger partial charge in [0.05, 0.1) is 19.8 Å². The second-order valence-electron chi connectivity index (χ2n) is 5.25. The van der Waals surface area contributed by atoms with Crippen LogP contribution in [0.5, 0.6) is 0 Å². The lowest BCUT2D eigenvalue weighted by molar-refractivity contribution is 0.269. The van der Waals surface area contributed by atoms with Gasteiger partial charge >= 0.3 is 0 Å². The van der Waals surface area contributed by atoms with Crippen molar-refractivity contribution in [3.05, 3.63) is 11.6 Å². The van der Waals surface area contributed by atoms with Crippen molar-refractivity contribution in [3.63, 3.8) is 0 Å². The normalized spacial score (nSPS) is 14.5. The van der Waals surface area contributed by atoms with Crippen LogP contribution >= 0.6 is 0 Å². The molecular formula is C11H24O3Si. The van der Waals surface area contributed by atoms with Crippen LogP contribution in [0.25, 0.3) is 0 Å². The standard InChI is InChI=1S/C11H24O3Si/c1-11(2,3)15(4,5)14-9-10(8-13)6-7-12/h6,12-13H,7-9H2,1-5H3/b10-6-. The summed E-state index contributed by atoms with van der Waals surface area (Å²) in [5.41, 5.74) is 0.752. The monoisotopic (exact) mass is 232 g/mol. The molecule has 0 aromatic carbocycles. The fourth-order valence-corrected chi connectivity index (χ4v) is 1.77. The molecule has 0 unspecified atom stereocenters. The summed E-state index contributed by atoms with van der Waals surface area (Å²) < 4.78 is 5.90. The van der Waals surface area contributed by atoms with Crippen molar-refractivity contribution < 1.29 is 14.6 Å². The zero-order valence-electron chi connectivity index (χ0n) is 10.5. The highest BCUT2D eigenvalue weighted by Gasteiger charge is 2.37. The van der Waals surface area contributed by atoms with Gasteiger partial charge in [-0.05, 0) is 23.7 Å². The first kappa shape index (κ1) is 14.8. The van der Waals surface area contributed by atoms with Gasteiger partial charge < -0.3 is 14.6 Å². The molecule has 2 N–H and O–H groups in total. The maximum Gasteiger partial charge on any atom is 0.192 e. The minimum atomic E-state index is -1.75. The van der Waals surface area contributed by atoms with Gasteiger partial charge in [0.25, 0.3) is 0 Å². The molecule has 0 fully saturated rings. The SMILES string of the molecule is CC(C)(C)[Si](C)(C)OC/C(=C\CO)CO.